The molecule has 2 amide bonds. The molecule has 3 heterocycles. The van der Waals surface area contributed by atoms with Gasteiger partial charge >= 0.3 is 5.97 Å². The molecule has 3 aromatic carbocycles. The van der Waals surface area contributed by atoms with Gasteiger partial charge in [-0.15, -0.1) is 0 Å². The monoisotopic (exact) mass is 1030 g/mol. The number of carboxylic acids is 1. The quantitative estimate of drug-likeness (QED) is 0.119. The molecular formula is C55H69N4O11S2+. The van der Waals surface area contributed by atoms with E-state index in [-0.39, 0.29) is 39.9 Å². The topological polar surface area (TPSA) is 220 Å². The predicted molar refractivity (Wildman–Crippen MR) is 277 cm³/mol. The third kappa shape index (κ3) is 12.6. The first-order valence-corrected chi connectivity index (χ1v) is 28.0. The van der Waals surface area contributed by atoms with E-state index >= 15 is 0 Å². The first-order chi connectivity index (χ1) is 34.0. The summed E-state index contributed by atoms with van der Waals surface area (Å²) < 4.78 is 77.7. The highest BCUT2D eigenvalue weighted by atomic mass is 32.2. The van der Waals surface area contributed by atoms with E-state index in [4.69, 9.17) is 4.74 Å². The average Bonchev–Trinajstić information content (AvgIpc) is 3.65. The molecule has 0 spiro atoms. The molecule has 0 fully saturated rings. The van der Waals surface area contributed by atoms with Crippen molar-refractivity contribution in [1.82, 2.24) is 10.6 Å². The van der Waals surface area contributed by atoms with Crippen molar-refractivity contribution in [1.29, 1.82) is 0 Å². The van der Waals surface area contributed by atoms with E-state index in [0.717, 1.165) is 65.3 Å². The van der Waals surface area contributed by atoms with E-state index < -0.39 is 37.7 Å². The van der Waals surface area contributed by atoms with E-state index in [9.17, 15) is 45.4 Å². The standard InChI is InChI=1S/C55H68N4O11S2/c1-37-20-28-46-43(35-37)54(2,3)48-30-21-38-15-14-16-39(52(38)70-40-23-25-41(26-24-40)71(64,65)66)22-31-49-55(4,5)44-36-42(72(67,68)69)27-29-47(44)59(49)34-13-7-9-19-51(61)57-45(53(62)63)17-10-11-32-56-50(60)18-8-6-12-33-58(46)48/h20-31,35-36,45H,6-19,32-34H2,1-5H3,(H4-,56,57,60,61,62,63,64,65,66,67,68,69)/p+1. The largest absolute Gasteiger partial charge is 0.480 e. The van der Waals surface area contributed by atoms with E-state index in [1.54, 1.807) is 6.07 Å². The summed E-state index contributed by atoms with van der Waals surface area (Å²) in [7, 11) is -8.97. The number of hydrogen-bond acceptors (Lipinski definition) is 9. The van der Waals surface area contributed by atoms with Crippen molar-refractivity contribution in [3.8, 4) is 5.75 Å². The van der Waals surface area contributed by atoms with Gasteiger partial charge in [0.1, 0.15) is 24.1 Å². The first-order valence-electron chi connectivity index (χ1n) is 25.1. The molecule has 2 bridgehead atoms. The number of allylic oxidation sites excluding steroid dienone is 7. The Balaban J connectivity index is 1.31. The van der Waals surface area contributed by atoms with Gasteiger partial charge in [-0.05, 0) is 162 Å². The highest BCUT2D eigenvalue weighted by molar-refractivity contribution is 7.86. The second-order valence-corrected chi connectivity index (χ2v) is 23.2. The summed E-state index contributed by atoms with van der Waals surface area (Å²) in [4.78, 5) is 39.5. The van der Waals surface area contributed by atoms with E-state index in [1.165, 1.54) is 42.0 Å². The molecule has 1 aliphatic carbocycles. The Hall–Kier alpha value is -5.88. The third-order valence-corrected chi connectivity index (χ3v) is 16.1. The van der Waals surface area contributed by atoms with Gasteiger partial charge in [0.2, 0.25) is 17.5 Å². The lowest BCUT2D eigenvalue weighted by atomic mass is 9.80. The molecule has 3 aliphatic heterocycles. The maximum Gasteiger partial charge on any atom is 0.326 e. The van der Waals surface area contributed by atoms with Crippen LogP contribution in [-0.2, 0) is 45.4 Å². The second kappa shape index (κ2) is 22.5. The number of anilines is 1. The molecule has 5 N–H and O–H groups in total. The molecule has 1 atom stereocenters. The molecule has 1 unspecified atom stereocenters. The van der Waals surface area contributed by atoms with Crippen molar-refractivity contribution in [2.75, 3.05) is 24.5 Å². The fraction of sp³-hybridized carbons (Fsp3) is 0.455. The number of amides is 2. The van der Waals surface area contributed by atoms with Gasteiger partial charge in [-0.1, -0.05) is 38.0 Å². The number of nitrogens with zero attached hydrogens (tertiary/aromatic N) is 2. The van der Waals surface area contributed by atoms with Gasteiger partial charge in [0.15, 0.2) is 5.71 Å². The van der Waals surface area contributed by atoms with Crippen LogP contribution >= 0.6 is 0 Å². The van der Waals surface area contributed by atoms with Crippen molar-refractivity contribution in [3.05, 3.63) is 124 Å². The first kappa shape index (κ1) is 53.9. The zero-order chi connectivity index (χ0) is 52.0. The Morgan fingerprint density at radius 3 is 2.12 bits per heavy atom. The number of hydrogen-bond donors (Lipinski definition) is 5. The number of carbonyl (C=O) groups is 3. The number of nitrogens with one attached hydrogen (secondary N) is 2. The summed E-state index contributed by atoms with van der Waals surface area (Å²) in [6, 6.07) is 15.7. The summed E-state index contributed by atoms with van der Waals surface area (Å²) in [5, 5.41) is 15.5. The lowest BCUT2D eigenvalue weighted by molar-refractivity contribution is -0.438. The van der Waals surface area contributed by atoms with Crippen molar-refractivity contribution >= 4 is 55.1 Å². The van der Waals surface area contributed by atoms with Crippen LogP contribution in [0.5, 0.6) is 5.75 Å². The van der Waals surface area contributed by atoms with Gasteiger partial charge in [0, 0.05) is 66.9 Å². The van der Waals surface area contributed by atoms with Crippen LogP contribution in [0.1, 0.15) is 134 Å². The van der Waals surface area contributed by atoms with Crippen LogP contribution in [0.2, 0.25) is 0 Å². The van der Waals surface area contributed by atoms with Crippen molar-refractivity contribution < 1.29 is 54.7 Å². The molecule has 7 rings (SSSR count). The van der Waals surface area contributed by atoms with Gasteiger partial charge in [-0.2, -0.15) is 21.4 Å². The Labute approximate surface area is 424 Å². The van der Waals surface area contributed by atoms with Crippen molar-refractivity contribution in [2.45, 2.75) is 151 Å². The molecule has 0 aromatic heterocycles. The maximum atomic E-state index is 13.0. The van der Waals surface area contributed by atoms with Crippen LogP contribution in [0.4, 0.5) is 11.4 Å². The highest BCUT2D eigenvalue weighted by Gasteiger charge is 2.44. The minimum Gasteiger partial charge on any atom is -0.480 e. The maximum absolute atomic E-state index is 13.0. The number of fused-ring (bicyclic) bond motifs is 6. The van der Waals surface area contributed by atoms with Gasteiger partial charge < -0.3 is 25.4 Å². The zero-order valence-corrected chi connectivity index (χ0v) is 43.6. The molecular weight excluding hydrogens is 957 g/mol. The fourth-order valence-corrected chi connectivity index (χ4v) is 11.4. The molecule has 17 heteroatoms. The molecule has 386 valence electrons. The van der Waals surface area contributed by atoms with Crippen LogP contribution in [0.15, 0.2) is 117 Å². The predicted octanol–water partition coefficient (Wildman–Crippen LogP) is 9.54. The van der Waals surface area contributed by atoms with Gasteiger partial charge in [-0.3, -0.25) is 18.7 Å². The Bertz CT molecular complexity index is 2970. The van der Waals surface area contributed by atoms with E-state index in [0.29, 0.717) is 87.9 Å². The number of carboxylic acid groups (broad SMARTS) is 1. The highest BCUT2D eigenvalue weighted by Crippen LogP contribution is 2.49. The van der Waals surface area contributed by atoms with Gasteiger partial charge in [0.05, 0.1) is 15.2 Å². The van der Waals surface area contributed by atoms with E-state index in [1.807, 2.05) is 26.0 Å². The number of rotatable bonds is 5. The molecule has 4 aliphatic rings. The van der Waals surface area contributed by atoms with Crippen LogP contribution in [0.25, 0.3) is 0 Å². The summed E-state index contributed by atoms with van der Waals surface area (Å²) in [5.74, 6) is -0.538. The minimum absolute atomic E-state index is 0.0479. The SMILES string of the molecule is Cc1ccc2c(c1)C(C)(C)C1=[N+]2CCCCCC(=O)NCCCCC(C(=O)O)NC(=O)CCCCCN2/C(=C/C=C3\CCCC(=C3Oc3ccc(S(=O)(=O)O)cc3)/C=C/1)C(C)(C)c1cc(S(=O)(=O)O)ccc12. The Kier molecular flexibility index (Phi) is 16.8. The molecule has 72 heavy (non-hydrogen) atoms. The van der Waals surface area contributed by atoms with Crippen LogP contribution < -0.4 is 20.3 Å². The number of benzene rings is 3. The smallest absolute Gasteiger partial charge is 0.326 e. The fourth-order valence-electron chi connectivity index (χ4n) is 10.4. The normalized spacial score (nSPS) is 22.9. The zero-order valence-electron chi connectivity index (χ0n) is 42.0. The van der Waals surface area contributed by atoms with Gasteiger partial charge in [0.25, 0.3) is 20.2 Å². The number of carbonyl (C=O) groups excluding carboxylic acids is 2. The van der Waals surface area contributed by atoms with Crippen LogP contribution in [-0.4, -0.2) is 84.8 Å². The van der Waals surface area contributed by atoms with E-state index in [2.05, 4.69) is 71.2 Å². The van der Waals surface area contributed by atoms with Crippen molar-refractivity contribution in [2.24, 2.45) is 0 Å². The summed E-state index contributed by atoms with van der Waals surface area (Å²) in [6.45, 7) is 12.2. The molecule has 0 saturated carbocycles. The van der Waals surface area contributed by atoms with Crippen LogP contribution in [0.3, 0.4) is 0 Å². The molecule has 3 aromatic rings. The Morgan fingerprint density at radius 2 is 1.42 bits per heavy atom. The average molecular weight is 1030 g/mol. The lowest BCUT2D eigenvalue weighted by Gasteiger charge is -2.27. The Morgan fingerprint density at radius 1 is 0.722 bits per heavy atom. The number of aryl methyl sites for hydroxylation is 1. The van der Waals surface area contributed by atoms with Crippen molar-refractivity contribution in [3.63, 3.8) is 0 Å². The number of aliphatic carboxylic acids is 1. The lowest BCUT2D eigenvalue weighted by Crippen LogP contribution is -2.40. The summed E-state index contributed by atoms with van der Waals surface area (Å²) in [6.07, 6.45) is 16.5. The molecule has 0 radical (unpaired) electrons. The molecule has 0 saturated heterocycles. The summed E-state index contributed by atoms with van der Waals surface area (Å²) >= 11 is 0. The number of ether oxygens (including phenoxy) is 1. The second-order valence-electron chi connectivity index (χ2n) is 20.4. The summed E-state index contributed by atoms with van der Waals surface area (Å²) in [5.41, 5.74) is 7.67. The van der Waals surface area contributed by atoms with Gasteiger partial charge in [-0.25, -0.2) is 4.79 Å². The van der Waals surface area contributed by atoms with Crippen LogP contribution in [0, 0.1) is 6.92 Å². The minimum atomic E-state index is -4.51. The third-order valence-electron chi connectivity index (χ3n) is 14.4. The molecule has 15 nitrogen and oxygen atoms in total.